The minimum atomic E-state index is 0.590. The predicted molar refractivity (Wildman–Crippen MR) is 76.7 cm³/mol. The van der Waals surface area contributed by atoms with Crippen LogP contribution in [0, 0.1) is 11.3 Å². The molecular weight excluding hydrogens is 252 g/mol. The van der Waals surface area contributed by atoms with Gasteiger partial charge in [0.05, 0.1) is 36.7 Å². The largest absolute Gasteiger partial charge is 0.495 e. The van der Waals surface area contributed by atoms with Crippen molar-refractivity contribution in [1.29, 1.82) is 5.26 Å². The Morgan fingerprint density at radius 1 is 1.20 bits per heavy atom. The molecule has 0 bridgehead atoms. The molecular formula is C16H14N2O2. The monoisotopic (exact) mass is 266 g/mol. The van der Waals surface area contributed by atoms with Crippen molar-refractivity contribution in [1.82, 2.24) is 0 Å². The van der Waals surface area contributed by atoms with E-state index in [4.69, 9.17) is 14.7 Å². The lowest BCUT2D eigenvalue weighted by atomic mass is 10.1. The number of anilines is 2. The summed E-state index contributed by atoms with van der Waals surface area (Å²) in [5.74, 6) is 1.56. The minimum absolute atomic E-state index is 0.590. The van der Waals surface area contributed by atoms with E-state index in [1.54, 1.807) is 19.2 Å². The van der Waals surface area contributed by atoms with Crippen LogP contribution in [0.25, 0.3) is 0 Å². The smallest absolute Gasteiger partial charge is 0.143 e. The molecule has 0 aliphatic carbocycles. The van der Waals surface area contributed by atoms with Crippen LogP contribution in [0.5, 0.6) is 11.5 Å². The molecule has 20 heavy (non-hydrogen) atoms. The molecule has 0 amide bonds. The number of hydrogen-bond donors (Lipinski definition) is 0. The Balaban J connectivity index is 2.09. The normalized spacial score (nSPS) is 13.1. The summed E-state index contributed by atoms with van der Waals surface area (Å²) < 4.78 is 11.1. The summed E-state index contributed by atoms with van der Waals surface area (Å²) >= 11 is 0. The fraction of sp³-hybridized carbons (Fsp3) is 0.188. The van der Waals surface area contributed by atoms with E-state index in [9.17, 15) is 0 Å². The summed E-state index contributed by atoms with van der Waals surface area (Å²) in [6.45, 7) is 1.37. The SMILES string of the molecule is COc1cc(C#N)ccc1N1CCOc2ccccc21. The van der Waals surface area contributed by atoms with Crippen molar-refractivity contribution in [2.45, 2.75) is 0 Å². The van der Waals surface area contributed by atoms with Gasteiger partial charge >= 0.3 is 0 Å². The van der Waals surface area contributed by atoms with Gasteiger partial charge in [-0.3, -0.25) is 0 Å². The van der Waals surface area contributed by atoms with Gasteiger partial charge in [-0.25, -0.2) is 0 Å². The minimum Gasteiger partial charge on any atom is -0.495 e. The van der Waals surface area contributed by atoms with Crippen LogP contribution < -0.4 is 14.4 Å². The lowest BCUT2D eigenvalue weighted by molar-refractivity contribution is 0.313. The first-order valence-corrected chi connectivity index (χ1v) is 6.41. The molecule has 4 heteroatoms. The van der Waals surface area contributed by atoms with Gasteiger partial charge in [0, 0.05) is 6.07 Å². The molecule has 0 saturated carbocycles. The molecule has 1 aliphatic heterocycles. The highest BCUT2D eigenvalue weighted by Gasteiger charge is 2.21. The van der Waals surface area contributed by atoms with Crippen LogP contribution in [-0.4, -0.2) is 20.3 Å². The first-order valence-electron chi connectivity index (χ1n) is 6.41. The summed E-state index contributed by atoms with van der Waals surface area (Å²) in [5.41, 5.74) is 2.55. The molecule has 0 N–H and O–H groups in total. The number of nitriles is 1. The number of benzene rings is 2. The molecule has 0 atom stereocenters. The second-order valence-electron chi connectivity index (χ2n) is 4.47. The van der Waals surface area contributed by atoms with Crippen LogP contribution in [0.3, 0.4) is 0 Å². The first-order chi connectivity index (χ1) is 9.83. The van der Waals surface area contributed by atoms with E-state index in [-0.39, 0.29) is 0 Å². The number of methoxy groups -OCH3 is 1. The maximum absolute atomic E-state index is 8.98. The third-order valence-electron chi connectivity index (χ3n) is 3.33. The van der Waals surface area contributed by atoms with Gasteiger partial charge in [0.25, 0.3) is 0 Å². The van der Waals surface area contributed by atoms with E-state index in [2.05, 4.69) is 11.0 Å². The Labute approximate surface area is 117 Å². The average Bonchev–Trinajstić information content (AvgIpc) is 2.53. The molecule has 0 unspecified atom stereocenters. The van der Waals surface area contributed by atoms with Gasteiger partial charge in [0.15, 0.2) is 0 Å². The Hall–Kier alpha value is -2.67. The third-order valence-corrected chi connectivity index (χ3v) is 3.33. The molecule has 3 rings (SSSR count). The Morgan fingerprint density at radius 3 is 2.85 bits per heavy atom. The van der Waals surface area contributed by atoms with Crippen LogP contribution in [-0.2, 0) is 0 Å². The van der Waals surface area contributed by atoms with E-state index in [1.807, 2.05) is 30.3 Å². The van der Waals surface area contributed by atoms with Gasteiger partial charge < -0.3 is 14.4 Å². The van der Waals surface area contributed by atoms with E-state index < -0.39 is 0 Å². The van der Waals surface area contributed by atoms with Crippen molar-refractivity contribution in [2.75, 3.05) is 25.2 Å². The Bertz CT molecular complexity index is 676. The highest BCUT2D eigenvalue weighted by molar-refractivity contribution is 5.75. The van der Waals surface area contributed by atoms with E-state index in [1.165, 1.54) is 0 Å². The number of rotatable bonds is 2. The maximum atomic E-state index is 8.98. The third kappa shape index (κ3) is 2.04. The fourth-order valence-corrected chi connectivity index (χ4v) is 2.39. The van der Waals surface area contributed by atoms with E-state index in [0.717, 1.165) is 23.7 Å². The number of para-hydroxylation sites is 2. The summed E-state index contributed by atoms with van der Waals surface area (Å²) in [7, 11) is 1.62. The topological polar surface area (TPSA) is 45.5 Å². The van der Waals surface area contributed by atoms with Crippen molar-refractivity contribution in [3.05, 3.63) is 48.0 Å². The van der Waals surface area contributed by atoms with Crippen molar-refractivity contribution < 1.29 is 9.47 Å². The van der Waals surface area contributed by atoms with Gasteiger partial charge in [-0.05, 0) is 24.3 Å². The van der Waals surface area contributed by atoms with E-state index >= 15 is 0 Å². The Kier molecular flexibility index (Phi) is 3.18. The molecule has 100 valence electrons. The van der Waals surface area contributed by atoms with Crippen LogP contribution in [0.4, 0.5) is 11.4 Å². The molecule has 2 aromatic carbocycles. The molecule has 4 nitrogen and oxygen atoms in total. The second kappa shape index (κ2) is 5.14. The van der Waals surface area contributed by atoms with Crippen molar-refractivity contribution in [2.24, 2.45) is 0 Å². The number of ether oxygens (including phenoxy) is 2. The standard InChI is InChI=1S/C16H14N2O2/c1-19-16-10-12(11-17)6-7-14(16)18-8-9-20-15-5-3-2-4-13(15)18/h2-7,10H,8-9H2,1H3. The highest BCUT2D eigenvalue weighted by Crippen LogP contribution is 2.40. The molecule has 0 spiro atoms. The maximum Gasteiger partial charge on any atom is 0.143 e. The van der Waals surface area contributed by atoms with Crippen LogP contribution in [0.2, 0.25) is 0 Å². The van der Waals surface area contributed by atoms with Crippen molar-refractivity contribution >= 4 is 11.4 Å². The summed E-state index contributed by atoms with van der Waals surface area (Å²) in [6.07, 6.45) is 0. The molecule has 1 heterocycles. The summed E-state index contributed by atoms with van der Waals surface area (Å²) in [5, 5.41) is 8.98. The molecule has 0 radical (unpaired) electrons. The van der Waals surface area contributed by atoms with Crippen LogP contribution >= 0.6 is 0 Å². The number of hydrogen-bond acceptors (Lipinski definition) is 4. The lowest BCUT2D eigenvalue weighted by Gasteiger charge is -2.32. The summed E-state index contributed by atoms with van der Waals surface area (Å²) in [4.78, 5) is 2.15. The second-order valence-corrected chi connectivity index (χ2v) is 4.47. The number of fused-ring (bicyclic) bond motifs is 1. The molecule has 0 fully saturated rings. The quantitative estimate of drug-likeness (QED) is 0.838. The zero-order valence-electron chi connectivity index (χ0n) is 11.2. The van der Waals surface area contributed by atoms with E-state index in [0.29, 0.717) is 17.9 Å². The van der Waals surface area contributed by atoms with Crippen molar-refractivity contribution in [3.63, 3.8) is 0 Å². The fourth-order valence-electron chi connectivity index (χ4n) is 2.39. The molecule has 0 saturated heterocycles. The molecule has 0 aromatic heterocycles. The highest BCUT2D eigenvalue weighted by atomic mass is 16.5. The summed E-state index contributed by atoms with van der Waals surface area (Å²) in [6, 6.07) is 15.5. The zero-order chi connectivity index (χ0) is 13.9. The van der Waals surface area contributed by atoms with Gasteiger partial charge in [0.1, 0.15) is 18.1 Å². The Morgan fingerprint density at radius 2 is 2.05 bits per heavy atom. The molecule has 2 aromatic rings. The van der Waals surface area contributed by atoms with Crippen LogP contribution in [0.1, 0.15) is 5.56 Å². The molecule has 1 aliphatic rings. The van der Waals surface area contributed by atoms with Gasteiger partial charge in [-0.1, -0.05) is 12.1 Å². The predicted octanol–water partition coefficient (Wildman–Crippen LogP) is 3.10. The van der Waals surface area contributed by atoms with Crippen molar-refractivity contribution in [3.8, 4) is 17.6 Å². The average molecular weight is 266 g/mol. The van der Waals surface area contributed by atoms with Gasteiger partial charge in [-0.2, -0.15) is 5.26 Å². The number of nitrogens with zero attached hydrogens (tertiary/aromatic N) is 2. The van der Waals surface area contributed by atoms with Gasteiger partial charge in [0.2, 0.25) is 0 Å². The first kappa shape index (κ1) is 12.4. The lowest BCUT2D eigenvalue weighted by Crippen LogP contribution is -2.28. The van der Waals surface area contributed by atoms with Gasteiger partial charge in [-0.15, -0.1) is 0 Å². The zero-order valence-corrected chi connectivity index (χ0v) is 11.2. The van der Waals surface area contributed by atoms with Crippen LogP contribution in [0.15, 0.2) is 42.5 Å².